The summed E-state index contributed by atoms with van der Waals surface area (Å²) in [5.41, 5.74) is 6.42. The topological polar surface area (TPSA) is 75.9 Å². The lowest BCUT2D eigenvalue weighted by molar-refractivity contribution is 0.628. The van der Waals surface area contributed by atoms with Crippen molar-refractivity contribution in [3.63, 3.8) is 0 Å². The highest BCUT2D eigenvalue weighted by molar-refractivity contribution is 5.58. The second-order valence-corrected chi connectivity index (χ2v) is 4.28. The number of halogens is 1. The van der Waals surface area contributed by atoms with Gasteiger partial charge in [-0.1, -0.05) is 0 Å². The van der Waals surface area contributed by atoms with Gasteiger partial charge in [0.05, 0.1) is 0 Å². The average molecular weight is 261 g/mol. The summed E-state index contributed by atoms with van der Waals surface area (Å²) in [7, 11) is 0. The van der Waals surface area contributed by atoms with Gasteiger partial charge in [-0.15, -0.1) is 0 Å². The molecule has 0 fully saturated rings. The molecule has 19 heavy (non-hydrogen) atoms. The first-order valence-electron chi connectivity index (χ1n) is 5.97. The molecule has 0 bridgehead atoms. The average Bonchev–Trinajstić information content (AvgIpc) is 2.40. The number of benzene rings is 1. The Morgan fingerprint density at radius 2 is 1.89 bits per heavy atom. The van der Waals surface area contributed by atoms with E-state index in [0.29, 0.717) is 18.2 Å². The van der Waals surface area contributed by atoms with E-state index in [1.165, 1.54) is 18.5 Å². The minimum atomic E-state index is -0.271. The van der Waals surface area contributed by atoms with Crippen molar-refractivity contribution >= 4 is 17.3 Å². The number of hydrogen-bond acceptors (Lipinski definition) is 5. The number of hydrogen-bond donors (Lipinski definition) is 3. The van der Waals surface area contributed by atoms with Crippen molar-refractivity contribution in [2.75, 3.05) is 17.2 Å². The third-order valence-corrected chi connectivity index (χ3v) is 2.39. The van der Waals surface area contributed by atoms with Crippen LogP contribution in [0, 0.1) is 5.82 Å². The van der Waals surface area contributed by atoms with E-state index < -0.39 is 0 Å². The van der Waals surface area contributed by atoms with Gasteiger partial charge in [0.25, 0.3) is 0 Å². The zero-order valence-electron chi connectivity index (χ0n) is 10.6. The minimum absolute atomic E-state index is 0.0449. The van der Waals surface area contributed by atoms with Gasteiger partial charge in [0.15, 0.2) is 0 Å². The Morgan fingerprint density at radius 1 is 1.21 bits per heavy atom. The molecule has 0 amide bonds. The molecule has 6 heteroatoms. The van der Waals surface area contributed by atoms with E-state index >= 15 is 0 Å². The van der Waals surface area contributed by atoms with Crippen LogP contribution in [0.15, 0.2) is 36.7 Å². The van der Waals surface area contributed by atoms with E-state index in [4.69, 9.17) is 5.73 Å². The van der Waals surface area contributed by atoms with Crippen LogP contribution in [-0.4, -0.2) is 22.6 Å². The molecule has 1 atom stereocenters. The Morgan fingerprint density at radius 3 is 2.58 bits per heavy atom. The van der Waals surface area contributed by atoms with Gasteiger partial charge in [-0.25, -0.2) is 14.4 Å². The molecule has 0 saturated carbocycles. The fourth-order valence-electron chi connectivity index (χ4n) is 1.47. The second-order valence-electron chi connectivity index (χ2n) is 4.28. The molecule has 0 spiro atoms. The predicted molar refractivity (Wildman–Crippen MR) is 73.9 cm³/mol. The Labute approximate surface area is 111 Å². The van der Waals surface area contributed by atoms with Crippen LogP contribution >= 0.6 is 0 Å². The monoisotopic (exact) mass is 261 g/mol. The van der Waals surface area contributed by atoms with Crippen molar-refractivity contribution in [2.45, 2.75) is 13.0 Å². The van der Waals surface area contributed by atoms with Crippen molar-refractivity contribution in [1.82, 2.24) is 9.97 Å². The van der Waals surface area contributed by atoms with Crippen LogP contribution in [0.3, 0.4) is 0 Å². The Kier molecular flexibility index (Phi) is 4.25. The number of nitrogens with zero attached hydrogens (tertiary/aromatic N) is 2. The van der Waals surface area contributed by atoms with Crippen molar-refractivity contribution in [3.8, 4) is 0 Å². The lowest BCUT2D eigenvalue weighted by Crippen LogP contribution is -2.25. The van der Waals surface area contributed by atoms with E-state index in [0.717, 1.165) is 5.69 Å². The summed E-state index contributed by atoms with van der Waals surface area (Å²) >= 11 is 0. The van der Waals surface area contributed by atoms with E-state index in [-0.39, 0.29) is 11.9 Å². The van der Waals surface area contributed by atoms with E-state index in [9.17, 15) is 4.39 Å². The molecule has 100 valence electrons. The molecule has 4 N–H and O–H groups in total. The maximum atomic E-state index is 12.8. The summed E-state index contributed by atoms with van der Waals surface area (Å²) in [5.74, 6) is 1.05. The molecule has 1 unspecified atom stereocenters. The quantitative estimate of drug-likeness (QED) is 0.768. The van der Waals surface area contributed by atoms with Crippen molar-refractivity contribution < 1.29 is 4.39 Å². The summed E-state index contributed by atoms with van der Waals surface area (Å²) < 4.78 is 12.8. The summed E-state index contributed by atoms with van der Waals surface area (Å²) in [6, 6.07) is 7.88. The highest BCUT2D eigenvalue weighted by Crippen LogP contribution is 2.16. The molecule has 1 aromatic carbocycles. The fourth-order valence-corrected chi connectivity index (χ4v) is 1.47. The lowest BCUT2D eigenvalue weighted by Gasteiger charge is -2.10. The Hall–Kier alpha value is -2.21. The second kappa shape index (κ2) is 6.10. The lowest BCUT2D eigenvalue weighted by atomic mass is 10.3. The standard InChI is InChI=1S/C13H16FN5/c1-9(15)7-16-12-6-13(18-8-17-12)19-11-4-2-10(14)3-5-11/h2-6,8-9H,7,15H2,1H3,(H2,16,17,18,19). The van der Waals surface area contributed by atoms with Crippen molar-refractivity contribution in [3.05, 3.63) is 42.5 Å². The fraction of sp³-hybridized carbons (Fsp3) is 0.231. The Balaban J connectivity index is 2.04. The third kappa shape index (κ3) is 4.18. The summed E-state index contributed by atoms with van der Waals surface area (Å²) in [6.45, 7) is 2.54. The largest absolute Gasteiger partial charge is 0.368 e. The maximum absolute atomic E-state index is 12.8. The normalized spacial score (nSPS) is 11.9. The van der Waals surface area contributed by atoms with Crippen LogP contribution < -0.4 is 16.4 Å². The molecule has 0 aliphatic carbocycles. The molecule has 2 rings (SSSR count). The molecule has 1 aromatic heterocycles. The smallest absolute Gasteiger partial charge is 0.135 e. The summed E-state index contributed by atoms with van der Waals surface area (Å²) in [6.07, 6.45) is 1.45. The predicted octanol–water partition coefficient (Wildman–Crippen LogP) is 2.12. The van der Waals surface area contributed by atoms with Crippen LogP contribution in [0.1, 0.15) is 6.92 Å². The van der Waals surface area contributed by atoms with Gasteiger partial charge in [-0.2, -0.15) is 0 Å². The van der Waals surface area contributed by atoms with Crippen LogP contribution in [-0.2, 0) is 0 Å². The van der Waals surface area contributed by atoms with Crippen molar-refractivity contribution in [2.24, 2.45) is 5.73 Å². The number of aromatic nitrogens is 2. The number of rotatable bonds is 5. The number of nitrogens with one attached hydrogen (secondary N) is 2. The number of nitrogens with two attached hydrogens (primary N) is 1. The van der Waals surface area contributed by atoms with Gasteiger partial charge in [0, 0.05) is 24.3 Å². The van der Waals surface area contributed by atoms with Gasteiger partial charge >= 0.3 is 0 Å². The van der Waals surface area contributed by atoms with Crippen molar-refractivity contribution in [1.29, 1.82) is 0 Å². The molecular weight excluding hydrogens is 245 g/mol. The van der Waals surface area contributed by atoms with Crippen LogP contribution in [0.4, 0.5) is 21.7 Å². The Bertz CT molecular complexity index is 527. The van der Waals surface area contributed by atoms with Gasteiger partial charge in [-0.3, -0.25) is 0 Å². The first-order chi connectivity index (χ1) is 9.13. The molecule has 0 saturated heterocycles. The first-order valence-corrected chi connectivity index (χ1v) is 5.97. The van der Waals surface area contributed by atoms with E-state index in [1.807, 2.05) is 6.92 Å². The molecule has 5 nitrogen and oxygen atoms in total. The highest BCUT2D eigenvalue weighted by Gasteiger charge is 2.01. The van der Waals surface area contributed by atoms with Crippen LogP contribution in [0.25, 0.3) is 0 Å². The highest BCUT2D eigenvalue weighted by atomic mass is 19.1. The van der Waals surface area contributed by atoms with E-state index in [1.54, 1.807) is 18.2 Å². The summed E-state index contributed by atoms with van der Waals surface area (Å²) in [5, 5.41) is 6.17. The molecular formula is C13H16FN5. The zero-order chi connectivity index (χ0) is 13.7. The molecule has 0 aliphatic rings. The first kappa shape index (κ1) is 13.2. The van der Waals surface area contributed by atoms with Gasteiger partial charge < -0.3 is 16.4 Å². The molecule has 1 heterocycles. The number of anilines is 3. The SMILES string of the molecule is CC(N)CNc1cc(Nc2ccc(F)cc2)ncn1. The maximum Gasteiger partial charge on any atom is 0.135 e. The van der Waals surface area contributed by atoms with Gasteiger partial charge in [0.1, 0.15) is 23.8 Å². The van der Waals surface area contributed by atoms with Gasteiger partial charge in [0.2, 0.25) is 0 Å². The minimum Gasteiger partial charge on any atom is -0.368 e. The van der Waals surface area contributed by atoms with Crippen LogP contribution in [0.2, 0.25) is 0 Å². The molecule has 0 radical (unpaired) electrons. The summed E-state index contributed by atoms with van der Waals surface area (Å²) in [4.78, 5) is 8.19. The third-order valence-electron chi connectivity index (χ3n) is 2.39. The van der Waals surface area contributed by atoms with Gasteiger partial charge in [-0.05, 0) is 31.2 Å². The molecule has 2 aromatic rings. The zero-order valence-corrected chi connectivity index (χ0v) is 10.6. The molecule has 0 aliphatic heterocycles. The van der Waals surface area contributed by atoms with E-state index in [2.05, 4.69) is 20.6 Å². The van der Waals surface area contributed by atoms with Crippen LogP contribution in [0.5, 0.6) is 0 Å².